The summed E-state index contributed by atoms with van der Waals surface area (Å²) in [5.74, 6) is 0.278. The van der Waals surface area contributed by atoms with E-state index in [2.05, 4.69) is 5.32 Å². The molecule has 0 spiro atoms. The molecule has 1 amide bonds. The van der Waals surface area contributed by atoms with Crippen LogP contribution in [0.1, 0.15) is 16.9 Å². The minimum atomic E-state index is -0.635. The number of furan rings is 1. The average molecular weight is 481 g/mol. The number of nitriles is 1. The molecule has 1 N–H and O–H groups in total. The number of rotatable bonds is 9. The van der Waals surface area contributed by atoms with Gasteiger partial charge in [-0.2, -0.15) is 5.26 Å². The fourth-order valence-corrected chi connectivity index (χ4v) is 2.97. The lowest BCUT2D eigenvalue weighted by Gasteiger charge is -2.11. The van der Waals surface area contributed by atoms with Crippen LogP contribution in [-0.4, -0.2) is 25.6 Å². The zero-order chi connectivity index (χ0) is 24.5. The van der Waals surface area contributed by atoms with E-state index in [4.69, 9.17) is 30.2 Å². The summed E-state index contributed by atoms with van der Waals surface area (Å²) in [6, 6.07) is 15.0. The van der Waals surface area contributed by atoms with Crippen molar-refractivity contribution in [2.45, 2.75) is 13.5 Å². The van der Waals surface area contributed by atoms with Gasteiger partial charge in [0.25, 0.3) is 5.91 Å². The highest BCUT2D eigenvalue weighted by Crippen LogP contribution is 2.29. The summed E-state index contributed by atoms with van der Waals surface area (Å²) in [6.45, 7) is 1.66. The molecule has 0 unspecified atom stereocenters. The number of nitrogens with one attached hydrogen (secondary N) is 1. The van der Waals surface area contributed by atoms with Crippen molar-refractivity contribution < 1.29 is 28.2 Å². The molecule has 0 bridgehead atoms. The van der Waals surface area contributed by atoms with Crippen molar-refractivity contribution in [2.24, 2.45) is 0 Å². The van der Waals surface area contributed by atoms with Gasteiger partial charge in [-0.15, -0.1) is 0 Å². The normalized spacial score (nSPS) is 10.8. The quantitative estimate of drug-likeness (QED) is 0.208. The summed E-state index contributed by atoms with van der Waals surface area (Å²) in [6.07, 6.45) is 2.89. The van der Waals surface area contributed by atoms with Crippen molar-refractivity contribution in [3.63, 3.8) is 0 Å². The first kappa shape index (κ1) is 24.4. The molecule has 8 nitrogen and oxygen atoms in total. The van der Waals surface area contributed by atoms with Crippen molar-refractivity contribution in [2.75, 3.05) is 13.7 Å². The molecule has 0 atom stereocenters. The molecule has 0 saturated heterocycles. The number of hydrogen-bond donors (Lipinski definition) is 1. The van der Waals surface area contributed by atoms with Crippen LogP contribution < -0.4 is 19.5 Å². The zero-order valence-corrected chi connectivity index (χ0v) is 19.2. The van der Waals surface area contributed by atoms with Crippen molar-refractivity contribution in [1.82, 2.24) is 5.32 Å². The minimum absolute atomic E-state index is 0.106. The van der Waals surface area contributed by atoms with E-state index in [-0.39, 0.29) is 30.2 Å². The Hall–Kier alpha value is -4.22. The topological polar surface area (TPSA) is 111 Å². The van der Waals surface area contributed by atoms with Crippen molar-refractivity contribution in [3.05, 3.63) is 82.3 Å². The van der Waals surface area contributed by atoms with Crippen LogP contribution >= 0.6 is 11.6 Å². The van der Waals surface area contributed by atoms with Gasteiger partial charge in [0.1, 0.15) is 23.2 Å². The van der Waals surface area contributed by atoms with E-state index in [1.807, 2.05) is 13.0 Å². The molecule has 174 valence electrons. The summed E-state index contributed by atoms with van der Waals surface area (Å²) in [7, 11) is 1.41. The lowest BCUT2D eigenvalue weighted by atomic mass is 10.1. The number of esters is 1. The maximum Gasteiger partial charge on any atom is 0.349 e. The number of ether oxygens (including phenoxy) is 3. The lowest BCUT2D eigenvalue weighted by Crippen LogP contribution is -2.23. The predicted molar refractivity (Wildman–Crippen MR) is 124 cm³/mol. The maximum absolute atomic E-state index is 12.3. The molecule has 3 aromatic rings. The van der Waals surface area contributed by atoms with Gasteiger partial charge in [-0.25, -0.2) is 4.79 Å². The van der Waals surface area contributed by atoms with Crippen molar-refractivity contribution in [1.29, 1.82) is 5.26 Å². The summed E-state index contributed by atoms with van der Waals surface area (Å²) < 4.78 is 21.2. The molecule has 0 aliphatic carbocycles. The standard InChI is InChI=1S/C25H21ClN2O6/c1-16-10-19(6-7-21(16)26)33-15-24(29)34-22-8-5-17(12-23(22)31-2)11-18(13-27)25(30)28-14-20-4-3-9-32-20/h3-12H,14-15H2,1-2H3,(H,28,30)/b18-11+. The first-order valence-corrected chi connectivity index (χ1v) is 10.5. The summed E-state index contributed by atoms with van der Waals surface area (Å²) in [4.78, 5) is 24.5. The predicted octanol–water partition coefficient (Wildman–Crippen LogP) is 4.46. The van der Waals surface area contributed by atoms with E-state index in [9.17, 15) is 14.9 Å². The number of amides is 1. The summed E-state index contributed by atoms with van der Waals surface area (Å²) in [5, 5.41) is 12.6. The lowest BCUT2D eigenvalue weighted by molar-refractivity contribution is -0.136. The number of hydrogen-bond acceptors (Lipinski definition) is 7. The molecule has 0 aliphatic heterocycles. The van der Waals surface area contributed by atoms with Gasteiger partial charge < -0.3 is 23.9 Å². The maximum atomic E-state index is 12.3. The van der Waals surface area contributed by atoms with Crippen LogP contribution in [0.5, 0.6) is 17.2 Å². The highest BCUT2D eigenvalue weighted by atomic mass is 35.5. The third-order valence-electron chi connectivity index (χ3n) is 4.58. The van der Waals surface area contributed by atoms with Crippen LogP contribution in [0.3, 0.4) is 0 Å². The third kappa shape index (κ3) is 6.64. The van der Waals surface area contributed by atoms with Crippen molar-refractivity contribution >= 4 is 29.6 Å². The number of carbonyl (C=O) groups is 2. The van der Waals surface area contributed by atoms with E-state index >= 15 is 0 Å². The van der Waals surface area contributed by atoms with Crippen molar-refractivity contribution in [3.8, 4) is 23.3 Å². The van der Waals surface area contributed by atoms with Gasteiger partial charge in [0, 0.05) is 5.02 Å². The Kier molecular flexibility index (Phi) is 8.32. The Morgan fingerprint density at radius 3 is 2.68 bits per heavy atom. The highest BCUT2D eigenvalue weighted by Gasteiger charge is 2.14. The molecular formula is C25H21ClN2O6. The van der Waals surface area contributed by atoms with Gasteiger partial charge in [-0.1, -0.05) is 17.7 Å². The zero-order valence-electron chi connectivity index (χ0n) is 18.5. The second-order valence-corrected chi connectivity index (χ2v) is 7.42. The van der Waals surface area contributed by atoms with Crippen LogP contribution in [0.2, 0.25) is 5.02 Å². The van der Waals surface area contributed by atoms with E-state index in [0.717, 1.165) is 5.56 Å². The Bertz CT molecular complexity index is 1240. The number of methoxy groups -OCH3 is 1. The number of benzene rings is 2. The largest absolute Gasteiger partial charge is 0.493 e. The van der Waals surface area contributed by atoms with E-state index in [1.165, 1.54) is 25.5 Å². The first-order valence-electron chi connectivity index (χ1n) is 10.1. The second kappa shape index (κ2) is 11.6. The molecule has 9 heteroatoms. The van der Waals surface area contributed by atoms with Crippen LogP contribution in [0.25, 0.3) is 6.08 Å². The van der Waals surface area contributed by atoms with Gasteiger partial charge in [0.05, 0.1) is 19.9 Å². The Morgan fingerprint density at radius 2 is 2.00 bits per heavy atom. The number of nitrogens with zero attached hydrogens (tertiary/aromatic N) is 1. The third-order valence-corrected chi connectivity index (χ3v) is 5.00. The number of aryl methyl sites for hydroxylation is 1. The molecule has 3 rings (SSSR count). The Balaban J connectivity index is 1.64. The van der Waals surface area contributed by atoms with Gasteiger partial charge in [0.15, 0.2) is 18.1 Å². The Morgan fingerprint density at radius 1 is 1.18 bits per heavy atom. The first-order chi connectivity index (χ1) is 16.4. The molecule has 2 aromatic carbocycles. The van der Waals surface area contributed by atoms with E-state index in [1.54, 1.807) is 42.5 Å². The molecule has 1 aromatic heterocycles. The molecular weight excluding hydrogens is 460 g/mol. The average Bonchev–Trinajstić information content (AvgIpc) is 3.36. The monoisotopic (exact) mass is 480 g/mol. The van der Waals surface area contributed by atoms with Gasteiger partial charge in [0.2, 0.25) is 0 Å². The van der Waals surface area contributed by atoms with Gasteiger partial charge in [-0.05, 0) is 66.6 Å². The molecule has 0 aliphatic rings. The summed E-state index contributed by atoms with van der Waals surface area (Å²) in [5.41, 5.74) is 1.23. The van der Waals surface area contributed by atoms with E-state index in [0.29, 0.717) is 22.1 Å². The highest BCUT2D eigenvalue weighted by molar-refractivity contribution is 6.31. The molecule has 0 saturated carbocycles. The van der Waals surface area contributed by atoms with Crippen LogP contribution in [-0.2, 0) is 16.1 Å². The molecule has 0 radical (unpaired) electrons. The van der Waals surface area contributed by atoms with Gasteiger partial charge in [-0.3, -0.25) is 4.79 Å². The minimum Gasteiger partial charge on any atom is -0.493 e. The Labute approximate surface area is 201 Å². The smallest absolute Gasteiger partial charge is 0.349 e. The van der Waals surface area contributed by atoms with Crippen LogP contribution in [0.15, 0.2) is 64.8 Å². The van der Waals surface area contributed by atoms with Gasteiger partial charge >= 0.3 is 5.97 Å². The van der Waals surface area contributed by atoms with E-state index < -0.39 is 11.9 Å². The molecule has 34 heavy (non-hydrogen) atoms. The molecule has 0 fully saturated rings. The van der Waals surface area contributed by atoms with Crippen LogP contribution in [0, 0.1) is 18.3 Å². The second-order valence-electron chi connectivity index (χ2n) is 7.02. The number of carbonyl (C=O) groups excluding carboxylic acids is 2. The summed E-state index contributed by atoms with van der Waals surface area (Å²) >= 11 is 5.98. The molecule has 1 heterocycles. The SMILES string of the molecule is COc1cc(/C=C(\C#N)C(=O)NCc2ccco2)ccc1OC(=O)COc1ccc(Cl)c(C)c1. The fourth-order valence-electron chi connectivity index (χ4n) is 2.85. The fraction of sp³-hybridized carbons (Fsp3) is 0.160. The number of halogens is 1. The van der Waals surface area contributed by atoms with Crippen LogP contribution in [0.4, 0.5) is 0 Å².